The normalized spacial score (nSPS) is 15.6. The van der Waals surface area contributed by atoms with Gasteiger partial charge in [-0.2, -0.15) is 5.10 Å². The second-order valence-electron chi connectivity index (χ2n) is 8.23. The molecule has 2 aromatic carbocycles. The van der Waals surface area contributed by atoms with Crippen LogP contribution in [0, 0.1) is 24.4 Å². The van der Waals surface area contributed by atoms with Crippen molar-refractivity contribution in [2.75, 3.05) is 7.11 Å². The van der Waals surface area contributed by atoms with Crippen LogP contribution in [0.1, 0.15) is 47.2 Å². The number of ether oxygens (including phenoxy) is 1. The second-order valence-corrected chi connectivity index (χ2v) is 8.23. The van der Waals surface area contributed by atoms with E-state index in [0.717, 1.165) is 35.5 Å². The van der Waals surface area contributed by atoms with Crippen molar-refractivity contribution in [1.82, 2.24) is 24.3 Å². The lowest BCUT2D eigenvalue weighted by atomic mass is 9.91. The summed E-state index contributed by atoms with van der Waals surface area (Å²) in [6.07, 6.45) is 8.73. The van der Waals surface area contributed by atoms with Crippen LogP contribution >= 0.6 is 0 Å². The summed E-state index contributed by atoms with van der Waals surface area (Å²) in [5, 5.41) is 4.53. The zero-order valence-electron chi connectivity index (χ0n) is 18.7. The molecule has 1 atom stereocenters. The molecule has 0 saturated heterocycles. The van der Waals surface area contributed by atoms with E-state index in [4.69, 9.17) is 4.74 Å². The average Bonchev–Trinajstić information content (AvgIpc) is 3.46. The van der Waals surface area contributed by atoms with Gasteiger partial charge in [-0.25, -0.2) is 27.8 Å². The Labute approximate surface area is 194 Å². The number of halogens is 3. The Morgan fingerprint density at radius 2 is 1.88 bits per heavy atom. The highest BCUT2D eigenvalue weighted by Crippen LogP contribution is 2.34. The molecule has 6 nitrogen and oxygen atoms in total. The van der Waals surface area contributed by atoms with Crippen LogP contribution in [0.2, 0.25) is 0 Å². The van der Waals surface area contributed by atoms with E-state index in [-0.39, 0.29) is 5.92 Å². The minimum atomic E-state index is -1.46. The SMILES string of the molecule is COc1cc(/C=C/c2nc3n(n2)CCC[C@H]3c2cc(F)c(F)c(F)c2)ccc1-n1cnc(C)c1. The number of benzene rings is 2. The van der Waals surface area contributed by atoms with Gasteiger partial charge in [-0.3, -0.25) is 0 Å². The van der Waals surface area contributed by atoms with Crippen LogP contribution in [0.4, 0.5) is 13.2 Å². The molecular weight excluding hydrogens is 443 g/mol. The first-order valence-corrected chi connectivity index (χ1v) is 10.9. The molecule has 1 aliphatic rings. The second kappa shape index (κ2) is 8.81. The average molecular weight is 465 g/mol. The Morgan fingerprint density at radius 3 is 2.59 bits per heavy atom. The molecule has 0 saturated carbocycles. The standard InChI is InChI=1S/C25H22F3N5O/c1-15-13-32(14-29-15)21-7-5-16(10-22(21)34-2)6-8-23-30-25-18(4-3-9-33(25)31-23)17-11-19(26)24(28)20(27)12-17/h5-8,10-14,18H,3-4,9H2,1-2H3/b8-6+/t18-/m0/s1. The van der Waals surface area contributed by atoms with Crippen LogP contribution in [0.25, 0.3) is 17.8 Å². The first-order valence-electron chi connectivity index (χ1n) is 10.9. The molecular formula is C25H22F3N5O. The fourth-order valence-corrected chi connectivity index (χ4v) is 4.27. The molecule has 5 rings (SSSR count). The zero-order valence-corrected chi connectivity index (χ0v) is 18.7. The van der Waals surface area contributed by atoms with Gasteiger partial charge in [-0.05, 0) is 61.2 Å². The fraction of sp³-hybridized carbons (Fsp3) is 0.240. The van der Waals surface area contributed by atoms with E-state index in [9.17, 15) is 13.2 Å². The Balaban J connectivity index is 1.42. The van der Waals surface area contributed by atoms with E-state index in [0.29, 0.717) is 35.9 Å². The van der Waals surface area contributed by atoms with Crippen molar-refractivity contribution < 1.29 is 17.9 Å². The van der Waals surface area contributed by atoms with E-state index in [2.05, 4.69) is 15.1 Å². The van der Waals surface area contributed by atoms with Gasteiger partial charge in [0.25, 0.3) is 0 Å². The van der Waals surface area contributed by atoms with Crippen LogP contribution in [-0.4, -0.2) is 31.4 Å². The predicted octanol–water partition coefficient (Wildman–Crippen LogP) is 5.29. The molecule has 1 aliphatic heterocycles. The number of fused-ring (bicyclic) bond motifs is 1. The highest BCUT2D eigenvalue weighted by Gasteiger charge is 2.27. The number of rotatable bonds is 5. The molecule has 9 heteroatoms. The van der Waals surface area contributed by atoms with Crippen molar-refractivity contribution in [1.29, 1.82) is 0 Å². The smallest absolute Gasteiger partial charge is 0.194 e. The minimum Gasteiger partial charge on any atom is -0.495 e. The number of hydrogen-bond acceptors (Lipinski definition) is 4. The number of nitrogens with zero attached hydrogens (tertiary/aromatic N) is 5. The lowest BCUT2D eigenvalue weighted by Crippen LogP contribution is -2.18. The number of aryl methyl sites for hydroxylation is 2. The first kappa shape index (κ1) is 21.9. The van der Waals surface area contributed by atoms with Gasteiger partial charge in [0.05, 0.1) is 24.8 Å². The number of aromatic nitrogens is 5. The number of methoxy groups -OCH3 is 1. The third-order valence-corrected chi connectivity index (χ3v) is 5.92. The third kappa shape index (κ3) is 4.09. The molecule has 0 bridgehead atoms. The van der Waals surface area contributed by atoms with Gasteiger partial charge < -0.3 is 9.30 Å². The van der Waals surface area contributed by atoms with Crippen LogP contribution < -0.4 is 4.74 Å². The van der Waals surface area contributed by atoms with Crippen molar-refractivity contribution in [2.45, 2.75) is 32.2 Å². The highest BCUT2D eigenvalue weighted by atomic mass is 19.2. The molecule has 0 unspecified atom stereocenters. The van der Waals surface area contributed by atoms with Gasteiger partial charge in [0.1, 0.15) is 11.6 Å². The summed E-state index contributed by atoms with van der Waals surface area (Å²) in [6, 6.07) is 7.88. The van der Waals surface area contributed by atoms with Crippen molar-refractivity contribution in [3.63, 3.8) is 0 Å². The summed E-state index contributed by atoms with van der Waals surface area (Å²) in [4.78, 5) is 8.85. The van der Waals surface area contributed by atoms with Crippen LogP contribution in [-0.2, 0) is 6.54 Å². The van der Waals surface area contributed by atoms with Crippen molar-refractivity contribution >= 4 is 12.2 Å². The molecule has 0 N–H and O–H groups in total. The van der Waals surface area contributed by atoms with Gasteiger partial charge in [0, 0.05) is 18.7 Å². The number of imidazole rings is 1. The van der Waals surface area contributed by atoms with Crippen LogP contribution in [0.15, 0.2) is 42.9 Å². The van der Waals surface area contributed by atoms with Gasteiger partial charge in [-0.1, -0.05) is 12.1 Å². The molecule has 3 heterocycles. The molecule has 0 radical (unpaired) electrons. The lowest BCUT2D eigenvalue weighted by molar-refractivity contribution is 0.413. The Morgan fingerprint density at radius 1 is 1.09 bits per heavy atom. The maximum absolute atomic E-state index is 13.8. The summed E-state index contributed by atoms with van der Waals surface area (Å²) in [6.45, 7) is 2.58. The van der Waals surface area contributed by atoms with Gasteiger partial charge in [0.15, 0.2) is 23.3 Å². The quantitative estimate of drug-likeness (QED) is 0.376. The molecule has 0 amide bonds. The maximum atomic E-state index is 13.8. The molecule has 0 fully saturated rings. The van der Waals surface area contributed by atoms with E-state index in [1.54, 1.807) is 24.2 Å². The largest absolute Gasteiger partial charge is 0.495 e. The van der Waals surface area contributed by atoms with Crippen LogP contribution in [0.3, 0.4) is 0 Å². The molecule has 2 aromatic heterocycles. The monoisotopic (exact) mass is 465 g/mol. The highest BCUT2D eigenvalue weighted by molar-refractivity contribution is 5.69. The third-order valence-electron chi connectivity index (χ3n) is 5.92. The summed E-state index contributed by atoms with van der Waals surface area (Å²) >= 11 is 0. The van der Waals surface area contributed by atoms with E-state index in [1.165, 1.54) is 0 Å². The summed E-state index contributed by atoms with van der Waals surface area (Å²) in [5.41, 5.74) is 3.03. The Bertz CT molecular complexity index is 1370. The zero-order chi connectivity index (χ0) is 23.8. The maximum Gasteiger partial charge on any atom is 0.194 e. The number of hydrogen-bond donors (Lipinski definition) is 0. The van der Waals surface area contributed by atoms with Crippen LogP contribution in [0.5, 0.6) is 5.75 Å². The summed E-state index contributed by atoms with van der Waals surface area (Å²) < 4.78 is 50.2. The predicted molar refractivity (Wildman–Crippen MR) is 121 cm³/mol. The molecule has 4 aromatic rings. The van der Waals surface area contributed by atoms with Gasteiger partial charge >= 0.3 is 0 Å². The topological polar surface area (TPSA) is 57.8 Å². The minimum absolute atomic E-state index is 0.356. The van der Waals surface area contributed by atoms with Gasteiger partial charge in [0.2, 0.25) is 0 Å². The lowest BCUT2D eigenvalue weighted by Gasteiger charge is -2.22. The molecule has 34 heavy (non-hydrogen) atoms. The van der Waals surface area contributed by atoms with Crippen molar-refractivity contribution in [3.05, 3.63) is 88.8 Å². The summed E-state index contributed by atoms with van der Waals surface area (Å²) in [7, 11) is 1.61. The molecule has 0 aliphatic carbocycles. The fourth-order valence-electron chi connectivity index (χ4n) is 4.27. The Hall–Kier alpha value is -3.88. The van der Waals surface area contributed by atoms with Crippen molar-refractivity contribution in [2.24, 2.45) is 0 Å². The van der Waals surface area contributed by atoms with Crippen molar-refractivity contribution in [3.8, 4) is 11.4 Å². The van der Waals surface area contributed by atoms with E-state index < -0.39 is 17.5 Å². The van der Waals surface area contributed by atoms with E-state index >= 15 is 0 Å². The van der Waals surface area contributed by atoms with Gasteiger partial charge in [-0.15, -0.1) is 0 Å². The van der Waals surface area contributed by atoms with E-state index in [1.807, 2.05) is 42.0 Å². The molecule has 0 spiro atoms. The summed E-state index contributed by atoms with van der Waals surface area (Å²) in [5.74, 6) is -2.43. The molecule has 174 valence electrons. The first-order chi connectivity index (χ1) is 16.4. The Kier molecular flexibility index (Phi) is 5.69.